The molecule has 0 N–H and O–H groups in total. The summed E-state index contributed by atoms with van der Waals surface area (Å²) >= 11 is 0. The number of hydrogen-bond acceptors (Lipinski definition) is 4. The van der Waals surface area contributed by atoms with Crippen LogP contribution in [0.1, 0.15) is 30.9 Å². The molecule has 0 aliphatic carbocycles. The van der Waals surface area contributed by atoms with Gasteiger partial charge in [0.15, 0.2) is 0 Å². The van der Waals surface area contributed by atoms with E-state index in [2.05, 4.69) is 46.7 Å². The van der Waals surface area contributed by atoms with Crippen LogP contribution < -0.4 is 4.90 Å². The highest BCUT2D eigenvalue weighted by Crippen LogP contribution is 2.27. The van der Waals surface area contributed by atoms with Crippen molar-refractivity contribution in [2.24, 2.45) is 0 Å². The predicted molar refractivity (Wildman–Crippen MR) is 98.7 cm³/mol. The molecule has 1 unspecified atom stereocenters. The number of rotatable bonds is 3. The maximum absolute atomic E-state index is 5.47. The van der Waals surface area contributed by atoms with Crippen LogP contribution in [0, 0.1) is 6.92 Å². The molecule has 0 bridgehead atoms. The van der Waals surface area contributed by atoms with Gasteiger partial charge in [-0.2, -0.15) is 0 Å². The van der Waals surface area contributed by atoms with E-state index in [4.69, 9.17) is 4.74 Å². The van der Waals surface area contributed by atoms with Crippen molar-refractivity contribution in [3.8, 4) is 0 Å². The average Bonchev–Trinajstić information content (AvgIpc) is 3.04. The first-order chi connectivity index (χ1) is 11.7. The van der Waals surface area contributed by atoms with Gasteiger partial charge in [0.05, 0.1) is 13.2 Å². The molecule has 3 heterocycles. The molecule has 4 heteroatoms. The fourth-order valence-electron chi connectivity index (χ4n) is 4.56. The average molecular weight is 329 g/mol. The number of anilines is 1. The Morgan fingerprint density at radius 1 is 1.12 bits per heavy atom. The lowest BCUT2D eigenvalue weighted by atomic mass is 10.0. The molecule has 3 saturated heterocycles. The summed E-state index contributed by atoms with van der Waals surface area (Å²) in [5.74, 6) is 0. The Labute approximate surface area is 146 Å². The van der Waals surface area contributed by atoms with E-state index in [1.54, 1.807) is 0 Å². The van der Waals surface area contributed by atoms with Crippen LogP contribution >= 0.6 is 0 Å². The van der Waals surface area contributed by atoms with Gasteiger partial charge >= 0.3 is 0 Å². The number of benzene rings is 1. The normalized spacial score (nSPS) is 29.0. The Morgan fingerprint density at radius 3 is 2.75 bits per heavy atom. The van der Waals surface area contributed by atoms with Crippen LogP contribution in [0.25, 0.3) is 0 Å². The second-order valence-electron chi connectivity index (χ2n) is 7.78. The van der Waals surface area contributed by atoms with E-state index >= 15 is 0 Å². The lowest BCUT2D eigenvalue weighted by molar-refractivity contribution is 0.0539. The van der Waals surface area contributed by atoms with Crippen molar-refractivity contribution in [1.82, 2.24) is 9.80 Å². The topological polar surface area (TPSA) is 19.0 Å². The molecule has 0 amide bonds. The molecule has 3 aliphatic heterocycles. The largest absolute Gasteiger partial charge is 0.378 e. The van der Waals surface area contributed by atoms with Crippen molar-refractivity contribution < 1.29 is 4.74 Å². The lowest BCUT2D eigenvalue weighted by Crippen LogP contribution is -2.54. The van der Waals surface area contributed by atoms with Gasteiger partial charge in [0.25, 0.3) is 0 Å². The zero-order valence-electron chi connectivity index (χ0n) is 15.2. The summed E-state index contributed by atoms with van der Waals surface area (Å²) in [5, 5.41) is 0. The first-order valence-electron chi connectivity index (χ1n) is 9.61. The van der Waals surface area contributed by atoms with Crippen molar-refractivity contribution >= 4 is 5.69 Å². The summed E-state index contributed by atoms with van der Waals surface area (Å²) in [7, 11) is 0. The van der Waals surface area contributed by atoms with Gasteiger partial charge in [-0.05, 0) is 56.5 Å². The van der Waals surface area contributed by atoms with Gasteiger partial charge in [0, 0.05) is 50.5 Å². The van der Waals surface area contributed by atoms with Gasteiger partial charge in [-0.25, -0.2) is 0 Å². The minimum absolute atomic E-state index is 0.665. The number of hydrogen-bond donors (Lipinski definition) is 0. The molecule has 0 saturated carbocycles. The van der Waals surface area contributed by atoms with E-state index in [9.17, 15) is 0 Å². The molecule has 0 spiro atoms. The fourth-order valence-corrected chi connectivity index (χ4v) is 4.56. The standard InChI is InChI=1S/C20H31N3O/c1-16-12-19(21-8-10-24-11-9-21)6-5-18(16)14-23-15-20-4-3-7-22(20)13-17(23)2/h5-6,12,17,20H,3-4,7-11,13-15H2,1-2H3/t17-,20?/m1/s1. The Balaban J connectivity index is 1.44. The molecule has 4 rings (SSSR count). The number of piperazine rings is 1. The molecule has 3 aliphatic rings. The summed E-state index contributed by atoms with van der Waals surface area (Å²) in [6.07, 6.45) is 2.77. The van der Waals surface area contributed by atoms with Gasteiger partial charge in [-0.1, -0.05) is 6.07 Å². The first kappa shape index (κ1) is 16.4. The zero-order valence-corrected chi connectivity index (χ0v) is 15.2. The molecule has 2 atom stereocenters. The van der Waals surface area contributed by atoms with Crippen LogP contribution in [-0.2, 0) is 11.3 Å². The monoisotopic (exact) mass is 329 g/mol. The van der Waals surface area contributed by atoms with Crippen LogP contribution in [0.3, 0.4) is 0 Å². The molecule has 3 fully saturated rings. The number of morpholine rings is 1. The van der Waals surface area contributed by atoms with Crippen molar-refractivity contribution in [3.05, 3.63) is 29.3 Å². The van der Waals surface area contributed by atoms with E-state index in [0.717, 1.165) is 38.9 Å². The van der Waals surface area contributed by atoms with Crippen LogP contribution in [-0.4, -0.2) is 67.8 Å². The molecule has 24 heavy (non-hydrogen) atoms. The second kappa shape index (κ2) is 7.03. The van der Waals surface area contributed by atoms with E-state index < -0.39 is 0 Å². The van der Waals surface area contributed by atoms with Crippen LogP contribution in [0.2, 0.25) is 0 Å². The molecular weight excluding hydrogens is 298 g/mol. The molecule has 0 radical (unpaired) electrons. The summed E-state index contributed by atoms with van der Waals surface area (Å²) in [4.78, 5) is 7.85. The third-order valence-corrected chi connectivity index (χ3v) is 6.14. The number of aryl methyl sites for hydroxylation is 1. The fraction of sp³-hybridized carbons (Fsp3) is 0.700. The molecule has 4 nitrogen and oxygen atoms in total. The first-order valence-corrected chi connectivity index (χ1v) is 9.61. The third-order valence-electron chi connectivity index (χ3n) is 6.14. The zero-order chi connectivity index (χ0) is 16.5. The van der Waals surface area contributed by atoms with Crippen molar-refractivity contribution in [2.75, 3.05) is 50.8 Å². The van der Waals surface area contributed by atoms with E-state index in [-0.39, 0.29) is 0 Å². The van der Waals surface area contributed by atoms with Gasteiger partial charge in [-0.3, -0.25) is 9.80 Å². The smallest absolute Gasteiger partial charge is 0.0642 e. The van der Waals surface area contributed by atoms with E-state index in [1.165, 1.54) is 49.3 Å². The number of fused-ring (bicyclic) bond motifs is 1. The SMILES string of the molecule is Cc1cc(N2CCOCC2)ccc1CN1CC2CCCN2C[C@H]1C. The highest BCUT2D eigenvalue weighted by molar-refractivity contribution is 5.51. The predicted octanol–water partition coefficient (Wildman–Crippen LogP) is 2.50. The summed E-state index contributed by atoms with van der Waals surface area (Å²) < 4.78 is 5.47. The Morgan fingerprint density at radius 2 is 1.96 bits per heavy atom. The highest BCUT2D eigenvalue weighted by Gasteiger charge is 2.34. The van der Waals surface area contributed by atoms with Crippen LogP contribution in [0.15, 0.2) is 18.2 Å². The van der Waals surface area contributed by atoms with Crippen molar-refractivity contribution in [1.29, 1.82) is 0 Å². The Bertz CT molecular complexity index is 570. The Kier molecular flexibility index (Phi) is 4.79. The third kappa shape index (κ3) is 3.32. The highest BCUT2D eigenvalue weighted by atomic mass is 16.5. The van der Waals surface area contributed by atoms with Gasteiger partial charge in [0.2, 0.25) is 0 Å². The van der Waals surface area contributed by atoms with Crippen molar-refractivity contribution in [3.63, 3.8) is 0 Å². The molecule has 132 valence electrons. The summed E-state index contributed by atoms with van der Waals surface area (Å²) in [6, 6.07) is 8.50. The van der Waals surface area contributed by atoms with E-state index in [0.29, 0.717) is 6.04 Å². The molecule has 0 aromatic heterocycles. The number of ether oxygens (including phenoxy) is 1. The number of nitrogens with zero attached hydrogens (tertiary/aromatic N) is 3. The quantitative estimate of drug-likeness (QED) is 0.848. The molecular formula is C20H31N3O. The van der Waals surface area contributed by atoms with Crippen LogP contribution in [0.5, 0.6) is 0 Å². The summed E-state index contributed by atoms with van der Waals surface area (Å²) in [5.41, 5.74) is 4.28. The van der Waals surface area contributed by atoms with E-state index in [1.807, 2.05) is 0 Å². The van der Waals surface area contributed by atoms with Crippen LogP contribution in [0.4, 0.5) is 5.69 Å². The van der Waals surface area contributed by atoms with Crippen molar-refractivity contribution in [2.45, 2.75) is 45.3 Å². The molecule has 1 aromatic carbocycles. The second-order valence-corrected chi connectivity index (χ2v) is 7.78. The lowest BCUT2D eigenvalue weighted by Gasteiger charge is -2.42. The van der Waals surface area contributed by atoms with Gasteiger partial charge in [-0.15, -0.1) is 0 Å². The maximum atomic E-state index is 5.47. The maximum Gasteiger partial charge on any atom is 0.0642 e. The van der Waals surface area contributed by atoms with Gasteiger partial charge < -0.3 is 9.64 Å². The van der Waals surface area contributed by atoms with Gasteiger partial charge in [0.1, 0.15) is 0 Å². The summed E-state index contributed by atoms with van der Waals surface area (Å²) in [6.45, 7) is 13.3. The Hall–Kier alpha value is -1.10. The minimum atomic E-state index is 0.665. The molecule has 1 aromatic rings. The minimum Gasteiger partial charge on any atom is -0.378 e.